The minimum Gasteiger partial charge on any atom is -0.495 e. The van der Waals surface area contributed by atoms with Crippen LogP contribution in [0.15, 0.2) is 36.9 Å². The number of carbonyl (C=O) groups is 1. The Morgan fingerprint density at radius 3 is 3.00 bits per heavy atom. The van der Waals surface area contributed by atoms with E-state index in [0.717, 1.165) is 36.3 Å². The molecule has 1 fully saturated rings. The number of aliphatic carboxylic acids is 1. The van der Waals surface area contributed by atoms with Gasteiger partial charge in [0.05, 0.1) is 50.3 Å². The van der Waals surface area contributed by atoms with Gasteiger partial charge in [-0.05, 0) is 25.0 Å². The number of hydrogen-bond acceptors (Lipinski definition) is 6. The quantitative estimate of drug-likeness (QED) is 0.546. The van der Waals surface area contributed by atoms with E-state index in [1.807, 2.05) is 29.0 Å². The van der Waals surface area contributed by atoms with E-state index in [2.05, 4.69) is 9.88 Å². The highest BCUT2D eigenvalue weighted by atomic mass is 35.5. The van der Waals surface area contributed by atoms with Crippen molar-refractivity contribution in [3.63, 3.8) is 0 Å². The number of fused-ring (bicyclic) bond motifs is 1. The number of methoxy groups -OCH3 is 1. The summed E-state index contributed by atoms with van der Waals surface area (Å²) in [7, 11) is 1.58. The number of halogens is 1. The third kappa shape index (κ3) is 4.06. The van der Waals surface area contributed by atoms with Crippen LogP contribution in [0.1, 0.15) is 19.3 Å². The number of aromatic nitrogens is 3. The van der Waals surface area contributed by atoms with Crippen LogP contribution in [0, 0.1) is 0 Å². The van der Waals surface area contributed by atoms with E-state index in [1.165, 1.54) is 0 Å². The molecule has 3 aromatic rings. The average Bonchev–Trinajstić information content (AvgIpc) is 3.43. The molecule has 0 bridgehead atoms. The number of nitrogens with zero attached hydrogens (tertiary/aromatic N) is 4. The van der Waals surface area contributed by atoms with Crippen molar-refractivity contribution < 1.29 is 19.4 Å². The maximum absolute atomic E-state index is 10.7. The lowest BCUT2D eigenvalue weighted by atomic mass is 10.1. The minimum atomic E-state index is -0.858. The molecule has 8 nitrogen and oxygen atoms in total. The average molecular weight is 431 g/mol. The highest BCUT2D eigenvalue weighted by Gasteiger charge is 2.27. The molecule has 1 aliphatic rings. The number of ether oxygens (including phenoxy) is 2. The van der Waals surface area contributed by atoms with Gasteiger partial charge in [0.2, 0.25) is 0 Å². The summed E-state index contributed by atoms with van der Waals surface area (Å²) in [6.07, 6.45) is 7.32. The normalized spacial score (nSPS) is 16.3. The Balaban J connectivity index is 1.71. The second kappa shape index (κ2) is 8.89. The fraction of sp³-hybridized carbons (Fsp3) is 0.381. The first-order chi connectivity index (χ1) is 14.6. The van der Waals surface area contributed by atoms with Gasteiger partial charge in [0, 0.05) is 30.4 Å². The smallest absolute Gasteiger partial charge is 0.305 e. The molecule has 30 heavy (non-hydrogen) atoms. The van der Waals surface area contributed by atoms with Crippen LogP contribution in [0.25, 0.3) is 16.6 Å². The molecule has 0 unspecified atom stereocenters. The third-order valence-electron chi connectivity index (χ3n) is 5.29. The molecule has 1 aromatic carbocycles. The lowest BCUT2D eigenvalue weighted by Gasteiger charge is -2.27. The van der Waals surface area contributed by atoms with Crippen LogP contribution in [0.3, 0.4) is 0 Å². The monoisotopic (exact) mass is 430 g/mol. The molecule has 0 amide bonds. The van der Waals surface area contributed by atoms with Gasteiger partial charge < -0.3 is 24.0 Å². The Hall–Kier alpha value is -2.84. The molecule has 0 radical (unpaired) electrons. The Labute approximate surface area is 179 Å². The number of carboxylic acid groups (broad SMARTS) is 1. The molecule has 1 saturated heterocycles. The number of anilines is 1. The number of imidazole rings is 1. The van der Waals surface area contributed by atoms with Crippen LogP contribution in [-0.2, 0) is 9.53 Å². The van der Waals surface area contributed by atoms with Gasteiger partial charge in [-0.3, -0.25) is 4.79 Å². The van der Waals surface area contributed by atoms with Crippen LogP contribution >= 0.6 is 11.6 Å². The zero-order valence-corrected chi connectivity index (χ0v) is 17.4. The van der Waals surface area contributed by atoms with Crippen LogP contribution in [0.2, 0.25) is 5.02 Å². The molecule has 9 heteroatoms. The lowest BCUT2D eigenvalue weighted by Crippen LogP contribution is -2.34. The van der Waals surface area contributed by atoms with Gasteiger partial charge in [0.15, 0.2) is 0 Å². The minimum absolute atomic E-state index is 0.00112. The first-order valence-corrected chi connectivity index (χ1v) is 10.2. The van der Waals surface area contributed by atoms with Gasteiger partial charge in [-0.2, -0.15) is 0 Å². The summed E-state index contributed by atoms with van der Waals surface area (Å²) in [6, 6.07) is 5.94. The molecule has 1 N–H and O–H groups in total. The predicted octanol–water partition coefficient (Wildman–Crippen LogP) is 3.54. The molecule has 0 spiro atoms. The topological polar surface area (TPSA) is 89.7 Å². The van der Waals surface area contributed by atoms with Crippen molar-refractivity contribution in [2.45, 2.75) is 25.3 Å². The van der Waals surface area contributed by atoms with Crippen molar-refractivity contribution >= 4 is 34.3 Å². The summed E-state index contributed by atoms with van der Waals surface area (Å²) in [5.74, 6) is 0.508. The number of pyridine rings is 1. The van der Waals surface area contributed by atoms with Crippen molar-refractivity contribution in [3.8, 4) is 11.4 Å². The van der Waals surface area contributed by atoms with Crippen LogP contribution in [0.5, 0.6) is 5.75 Å². The second-order valence-electron chi connectivity index (χ2n) is 7.16. The van der Waals surface area contributed by atoms with E-state index < -0.39 is 5.97 Å². The summed E-state index contributed by atoms with van der Waals surface area (Å²) < 4.78 is 12.9. The summed E-state index contributed by atoms with van der Waals surface area (Å²) in [5, 5.41) is 10.2. The van der Waals surface area contributed by atoms with Gasteiger partial charge >= 0.3 is 5.97 Å². The summed E-state index contributed by atoms with van der Waals surface area (Å²) >= 11 is 6.61. The van der Waals surface area contributed by atoms with E-state index in [-0.39, 0.29) is 19.1 Å². The number of rotatable bonds is 8. The predicted molar refractivity (Wildman–Crippen MR) is 114 cm³/mol. The van der Waals surface area contributed by atoms with E-state index in [0.29, 0.717) is 22.9 Å². The standard InChI is InChI=1S/C21H23ClN4O4/c1-29-17-5-4-15-16(25-9-7-23-13-25)11-18(24-21(15)20(17)22)26-8-2-3-14(26)12-30-10-6-19(27)28/h4-5,7,9,11,13-14H,2-3,6,8,10,12H2,1H3,(H,27,28)/t14-/m0/s1. The molecular weight excluding hydrogens is 408 g/mol. The maximum Gasteiger partial charge on any atom is 0.305 e. The molecule has 4 rings (SSSR count). The fourth-order valence-corrected chi connectivity index (χ4v) is 4.10. The van der Waals surface area contributed by atoms with Crippen LogP contribution in [-0.4, -0.2) is 58.5 Å². The van der Waals surface area contributed by atoms with Crippen molar-refractivity contribution in [2.24, 2.45) is 0 Å². The number of benzene rings is 1. The first-order valence-electron chi connectivity index (χ1n) is 9.80. The third-order valence-corrected chi connectivity index (χ3v) is 5.66. The first kappa shape index (κ1) is 20.4. The van der Waals surface area contributed by atoms with E-state index >= 15 is 0 Å². The molecule has 1 atom stereocenters. The summed E-state index contributed by atoms with van der Waals surface area (Å²) in [6.45, 7) is 1.50. The SMILES string of the molecule is COc1ccc2c(-n3ccnc3)cc(N3CCC[C@H]3COCCC(=O)O)nc2c1Cl. The van der Waals surface area contributed by atoms with Gasteiger partial charge in [0.25, 0.3) is 0 Å². The van der Waals surface area contributed by atoms with Crippen LogP contribution < -0.4 is 9.64 Å². The zero-order chi connectivity index (χ0) is 21.1. The maximum atomic E-state index is 10.7. The fourth-order valence-electron chi connectivity index (χ4n) is 3.82. The van der Waals surface area contributed by atoms with Crippen molar-refractivity contribution in [1.82, 2.24) is 14.5 Å². The highest BCUT2D eigenvalue weighted by Crippen LogP contribution is 2.37. The van der Waals surface area contributed by atoms with Gasteiger partial charge in [-0.15, -0.1) is 0 Å². The summed E-state index contributed by atoms with van der Waals surface area (Å²) in [5.41, 5.74) is 1.59. The molecule has 0 saturated carbocycles. The van der Waals surface area contributed by atoms with E-state index in [4.69, 9.17) is 31.2 Å². The Morgan fingerprint density at radius 2 is 2.27 bits per heavy atom. The largest absolute Gasteiger partial charge is 0.495 e. The number of carboxylic acids is 1. The van der Waals surface area contributed by atoms with Crippen molar-refractivity contribution in [2.75, 3.05) is 31.8 Å². The van der Waals surface area contributed by atoms with Crippen molar-refractivity contribution in [1.29, 1.82) is 0 Å². The van der Waals surface area contributed by atoms with Gasteiger partial charge in [-0.25, -0.2) is 9.97 Å². The molecule has 3 heterocycles. The molecule has 0 aliphatic carbocycles. The Bertz CT molecular complexity index is 1040. The van der Waals surface area contributed by atoms with Gasteiger partial charge in [-0.1, -0.05) is 11.6 Å². The second-order valence-corrected chi connectivity index (χ2v) is 7.53. The van der Waals surface area contributed by atoms with Crippen LogP contribution in [0.4, 0.5) is 5.82 Å². The van der Waals surface area contributed by atoms with Gasteiger partial charge in [0.1, 0.15) is 16.6 Å². The zero-order valence-electron chi connectivity index (χ0n) is 16.6. The highest BCUT2D eigenvalue weighted by molar-refractivity contribution is 6.36. The molecule has 158 valence electrons. The van der Waals surface area contributed by atoms with Crippen molar-refractivity contribution in [3.05, 3.63) is 41.9 Å². The van der Waals surface area contributed by atoms with E-state index in [1.54, 1.807) is 19.6 Å². The number of hydrogen-bond donors (Lipinski definition) is 1. The molecule has 2 aromatic heterocycles. The lowest BCUT2D eigenvalue weighted by molar-refractivity contribution is -0.138. The molecule has 1 aliphatic heterocycles. The summed E-state index contributed by atoms with van der Waals surface area (Å²) in [4.78, 5) is 22.0. The molecular formula is C21H23ClN4O4. The Kier molecular flexibility index (Phi) is 6.06. The van der Waals surface area contributed by atoms with E-state index in [9.17, 15) is 4.79 Å². The Morgan fingerprint density at radius 1 is 1.40 bits per heavy atom.